The molecule has 0 radical (unpaired) electrons. The molecule has 1 unspecified atom stereocenters. The lowest BCUT2D eigenvalue weighted by atomic mass is 10.2. The van der Waals surface area contributed by atoms with Gasteiger partial charge in [0, 0.05) is 5.69 Å². The summed E-state index contributed by atoms with van der Waals surface area (Å²) in [7, 11) is 0. The van der Waals surface area contributed by atoms with Crippen molar-refractivity contribution in [3.05, 3.63) is 30.1 Å². The largest absolute Gasteiger partial charge is 0.310 e. The van der Waals surface area contributed by atoms with E-state index in [9.17, 15) is 9.18 Å². The molecule has 1 heterocycles. The SMILES string of the molecule is NC1CC(=O)NC(=S)N1c1ccc(F)cc1. The summed E-state index contributed by atoms with van der Waals surface area (Å²) < 4.78 is 12.8. The maximum Gasteiger partial charge on any atom is 0.229 e. The van der Waals surface area contributed by atoms with E-state index in [4.69, 9.17) is 18.0 Å². The second-order valence-electron chi connectivity index (χ2n) is 3.47. The lowest BCUT2D eigenvalue weighted by Gasteiger charge is -2.34. The third-order valence-corrected chi connectivity index (χ3v) is 2.59. The minimum absolute atomic E-state index is 0.164. The Bertz CT molecular complexity index is 434. The van der Waals surface area contributed by atoms with Crippen molar-refractivity contribution in [2.45, 2.75) is 12.6 Å². The van der Waals surface area contributed by atoms with E-state index in [0.717, 1.165) is 0 Å². The number of nitrogens with two attached hydrogens (primary N) is 1. The Morgan fingerprint density at radius 1 is 1.44 bits per heavy atom. The van der Waals surface area contributed by atoms with E-state index >= 15 is 0 Å². The van der Waals surface area contributed by atoms with Crippen LogP contribution in [0.2, 0.25) is 0 Å². The van der Waals surface area contributed by atoms with Gasteiger partial charge in [0.15, 0.2) is 5.11 Å². The number of hydrogen-bond donors (Lipinski definition) is 2. The number of carbonyl (C=O) groups is 1. The number of thiocarbonyl (C=S) groups is 1. The fourth-order valence-corrected chi connectivity index (χ4v) is 1.93. The molecule has 1 aliphatic rings. The molecule has 1 atom stereocenters. The first-order chi connectivity index (χ1) is 7.58. The summed E-state index contributed by atoms with van der Waals surface area (Å²) in [6.45, 7) is 0. The fraction of sp³-hybridized carbons (Fsp3) is 0.200. The van der Waals surface area contributed by atoms with Gasteiger partial charge in [-0.25, -0.2) is 4.39 Å². The van der Waals surface area contributed by atoms with Crippen molar-refractivity contribution in [1.29, 1.82) is 0 Å². The predicted molar refractivity (Wildman–Crippen MR) is 62.2 cm³/mol. The summed E-state index contributed by atoms with van der Waals surface area (Å²) in [6, 6.07) is 5.78. The number of hydrogen-bond acceptors (Lipinski definition) is 3. The lowest BCUT2D eigenvalue weighted by Crippen LogP contribution is -2.58. The average molecular weight is 239 g/mol. The van der Waals surface area contributed by atoms with Crippen LogP contribution in [-0.2, 0) is 4.79 Å². The highest BCUT2D eigenvalue weighted by atomic mass is 32.1. The number of anilines is 1. The maximum absolute atomic E-state index is 12.8. The van der Waals surface area contributed by atoms with Gasteiger partial charge in [-0.1, -0.05) is 0 Å². The van der Waals surface area contributed by atoms with E-state index in [0.29, 0.717) is 5.69 Å². The molecule has 0 spiro atoms. The molecule has 0 saturated carbocycles. The summed E-state index contributed by atoms with van der Waals surface area (Å²) in [6.07, 6.45) is -0.343. The predicted octanol–water partition coefficient (Wildman–Crippen LogP) is 0.722. The second-order valence-corrected chi connectivity index (χ2v) is 3.86. The zero-order chi connectivity index (χ0) is 11.7. The van der Waals surface area contributed by atoms with Gasteiger partial charge in [0.2, 0.25) is 5.91 Å². The van der Waals surface area contributed by atoms with Crippen molar-refractivity contribution < 1.29 is 9.18 Å². The van der Waals surface area contributed by atoms with Crippen LogP contribution in [0.1, 0.15) is 6.42 Å². The van der Waals surface area contributed by atoms with Crippen LogP contribution in [0.3, 0.4) is 0 Å². The number of carbonyl (C=O) groups excluding carboxylic acids is 1. The van der Waals surface area contributed by atoms with Crippen molar-refractivity contribution in [3.63, 3.8) is 0 Å². The van der Waals surface area contributed by atoms with Gasteiger partial charge < -0.3 is 16.0 Å². The smallest absolute Gasteiger partial charge is 0.229 e. The van der Waals surface area contributed by atoms with Gasteiger partial charge in [0.25, 0.3) is 0 Å². The highest BCUT2D eigenvalue weighted by Gasteiger charge is 2.28. The molecular formula is C10H10FN3OS. The molecule has 0 aromatic heterocycles. The monoisotopic (exact) mass is 239 g/mol. The van der Waals surface area contributed by atoms with Gasteiger partial charge in [-0.2, -0.15) is 0 Å². The molecule has 4 nitrogen and oxygen atoms in total. The first kappa shape index (κ1) is 11.0. The average Bonchev–Trinajstić information content (AvgIpc) is 2.19. The molecule has 16 heavy (non-hydrogen) atoms. The molecule has 1 fully saturated rings. The van der Waals surface area contributed by atoms with E-state index in [2.05, 4.69) is 5.32 Å². The number of halogens is 1. The van der Waals surface area contributed by atoms with E-state index in [1.165, 1.54) is 12.1 Å². The second kappa shape index (κ2) is 4.15. The topological polar surface area (TPSA) is 58.4 Å². The molecule has 84 valence electrons. The van der Waals surface area contributed by atoms with Gasteiger partial charge in [-0.3, -0.25) is 4.79 Å². The fourth-order valence-electron chi connectivity index (χ4n) is 1.57. The highest BCUT2D eigenvalue weighted by Crippen LogP contribution is 2.19. The molecule has 6 heteroatoms. The zero-order valence-corrected chi connectivity index (χ0v) is 9.13. The molecule has 3 N–H and O–H groups in total. The number of rotatable bonds is 1. The number of nitrogens with one attached hydrogen (secondary N) is 1. The molecule has 1 aliphatic heterocycles. The van der Waals surface area contributed by atoms with Gasteiger partial charge in [-0.15, -0.1) is 0 Å². The first-order valence-electron chi connectivity index (χ1n) is 4.72. The van der Waals surface area contributed by atoms with E-state index < -0.39 is 6.17 Å². The molecule has 1 aromatic rings. The number of nitrogens with zero attached hydrogens (tertiary/aromatic N) is 1. The van der Waals surface area contributed by atoms with Crippen LogP contribution in [-0.4, -0.2) is 17.2 Å². The van der Waals surface area contributed by atoms with E-state index in [1.807, 2.05) is 0 Å². The number of benzene rings is 1. The van der Waals surface area contributed by atoms with Crippen LogP contribution in [0, 0.1) is 5.82 Å². The summed E-state index contributed by atoms with van der Waals surface area (Å²) in [4.78, 5) is 12.7. The van der Waals surface area contributed by atoms with Crippen molar-refractivity contribution in [2.75, 3.05) is 4.90 Å². The summed E-state index contributed by atoms with van der Waals surface area (Å²) in [5.74, 6) is -0.528. The standard InChI is InChI=1S/C10H10FN3OS/c11-6-1-3-7(4-2-6)14-8(12)5-9(15)13-10(14)16/h1-4,8H,5,12H2,(H,13,15,16). The van der Waals surface area contributed by atoms with Crippen molar-refractivity contribution in [3.8, 4) is 0 Å². The third kappa shape index (κ3) is 2.02. The minimum atomic E-state index is -0.508. The van der Waals surface area contributed by atoms with E-state index in [-0.39, 0.29) is 23.3 Å². The molecule has 1 saturated heterocycles. The van der Waals surface area contributed by atoms with Gasteiger partial charge in [0.05, 0.1) is 12.6 Å². The Morgan fingerprint density at radius 2 is 2.06 bits per heavy atom. The molecule has 1 aromatic carbocycles. The Hall–Kier alpha value is -1.53. The lowest BCUT2D eigenvalue weighted by molar-refractivity contribution is -0.120. The van der Waals surface area contributed by atoms with Crippen molar-refractivity contribution in [2.24, 2.45) is 5.73 Å². The zero-order valence-electron chi connectivity index (χ0n) is 8.31. The van der Waals surface area contributed by atoms with E-state index in [1.54, 1.807) is 17.0 Å². The molecule has 0 aliphatic carbocycles. The summed E-state index contributed by atoms with van der Waals surface area (Å²) in [5, 5.41) is 2.76. The number of amides is 1. The van der Waals surface area contributed by atoms with Crippen LogP contribution in [0.25, 0.3) is 0 Å². The molecule has 2 rings (SSSR count). The molecule has 1 amide bonds. The van der Waals surface area contributed by atoms with Gasteiger partial charge in [-0.05, 0) is 36.5 Å². The van der Waals surface area contributed by atoms with Crippen LogP contribution in [0.5, 0.6) is 0 Å². The molecular weight excluding hydrogens is 229 g/mol. The van der Waals surface area contributed by atoms with Gasteiger partial charge >= 0.3 is 0 Å². The van der Waals surface area contributed by atoms with Crippen LogP contribution >= 0.6 is 12.2 Å². The Kier molecular flexibility index (Phi) is 2.84. The Labute approximate surface area is 97.2 Å². The van der Waals surface area contributed by atoms with Gasteiger partial charge in [0.1, 0.15) is 5.82 Å². The quantitative estimate of drug-likeness (QED) is 0.709. The highest BCUT2D eigenvalue weighted by molar-refractivity contribution is 7.80. The first-order valence-corrected chi connectivity index (χ1v) is 5.13. The third-order valence-electron chi connectivity index (χ3n) is 2.30. The minimum Gasteiger partial charge on any atom is -0.310 e. The Balaban J connectivity index is 2.29. The van der Waals surface area contributed by atoms with Crippen LogP contribution in [0.15, 0.2) is 24.3 Å². The summed E-state index contributed by atoms with van der Waals surface area (Å²) in [5.41, 5.74) is 6.48. The van der Waals surface area contributed by atoms with Crippen LogP contribution < -0.4 is 16.0 Å². The normalized spacial score (nSPS) is 20.9. The van der Waals surface area contributed by atoms with Crippen molar-refractivity contribution in [1.82, 2.24) is 5.32 Å². The van der Waals surface area contributed by atoms with Crippen molar-refractivity contribution >= 4 is 28.9 Å². The maximum atomic E-state index is 12.8. The summed E-state index contributed by atoms with van der Waals surface area (Å²) >= 11 is 5.02. The Morgan fingerprint density at radius 3 is 2.62 bits per heavy atom. The van der Waals surface area contributed by atoms with Crippen LogP contribution in [0.4, 0.5) is 10.1 Å². The molecule has 0 bridgehead atoms.